The summed E-state index contributed by atoms with van der Waals surface area (Å²) in [4.78, 5) is 13.2. The van der Waals surface area contributed by atoms with E-state index in [0.29, 0.717) is 22.7 Å². The SMILES string of the molecule is CC(Nc1cncc(-n2cnc3cc(C#N)ccc32)n1)c1ccc(F)c(Cl)c1. The number of hydrogen-bond donors (Lipinski definition) is 1. The van der Waals surface area contributed by atoms with E-state index >= 15 is 0 Å². The first-order valence-corrected chi connectivity index (χ1v) is 8.84. The fourth-order valence-corrected chi connectivity index (χ4v) is 3.08. The summed E-state index contributed by atoms with van der Waals surface area (Å²) in [6.07, 6.45) is 4.88. The van der Waals surface area contributed by atoms with Crippen molar-refractivity contribution in [1.29, 1.82) is 5.26 Å². The lowest BCUT2D eigenvalue weighted by Crippen LogP contribution is -2.10. The predicted molar refractivity (Wildman–Crippen MR) is 105 cm³/mol. The van der Waals surface area contributed by atoms with Gasteiger partial charge in [0.1, 0.15) is 18.0 Å². The molecule has 138 valence electrons. The van der Waals surface area contributed by atoms with E-state index in [2.05, 4.69) is 26.3 Å². The van der Waals surface area contributed by atoms with Crippen LogP contribution in [0.5, 0.6) is 0 Å². The van der Waals surface area contributed by atoms with Gasteiger partial charge in [-0.2, -0.15) is 5.26 Å². The third kappa shape index (κ3) is 3.38. The van der Waals surface area contributed by atoms with Gasteiger partial charge in [-0.05, 0) is 42.8 Å². The lowest BCUT2D eigenvalue weighted by molar-refractivity contribution is 0.627. The fraction of sp³-hybridized carbons (Fsp3) is 0.100. The minimum absolute atomic E-state index is 0.0765. The van der Waals surface area contributed by atoms with E-state index in [0.717, 1.165) is 11.1 Å². The van der Waals surface area contributed by atoms with Crippen molar-refractivity contribution in [1.82, 2.24) is 19.5 Å². The fourth-order valence-electron chi connectivity index (χ4n) is 2.89. The van der Waals surface area contributed by atoms with Crippen LogP contribution in [-0.2, 0) is 0 Å². The maximum absolute atomic E-state index is 13.4. The molecule has 0 spiro atoms. The monoisotopic (exact) mass is 392 g/mol. The molecule has 0 aliphatic heterocycles. The van der Waals surface area contributed by atoms with E-state index in [1.54, 1.807) is 47.6 Å². The number of nitrogens with zero attached hydrogens (tertiary/aromatic N) is 5. The summed E-state index contributed by atoms with van der Waals surface area (Å²) in [5.74, 6) is 0.688. The molecule has 0 radical (unpaired) electrons. The molecule has 2 heterocycles. The normalized spacial score (nSPS) is 11.9. The molecule has 0 aliphatic rings. The van der Waals surface area contributed by atoms with Crippen molar-refractivity contribution >= 4 is 28.5 Å². The highest BCUT2D eigenvalue weighted by Crippen LogP contribution is 2.24. The van der Waals surface area contributed by atoms with E-state index in [-0.39, 0.29) is 11.1 Å². The number of benzene rings is 2. The van der Waals surface area contributed by atoms with Crippen LogP contribution in [0.2, 0.25) is 5.02 Å². The van der Waals surface area contributed by atoms with Crippen molar-refractivity contribution in [2.45, 2.75) is 13.0 Å². The molecule has 0 saturated heterocycles. The summed E-state index contributed by atoms with van der Waals surface area (Å²) in [5, 5.41) is 12.3. The van der Waals surface area contributed by atoms with Crippen LogP contribution in [0, 0.1) is 17.1 Å². The minimum Gasteiger partial charge on any atom is -0.362 e. The topological polar surface area (TPSA) is 79.4 Å². The zero-order valence-electron chi connectivity index (χ0n) is 14.8. The van der Waals surface area contributed by atoms with Gasteiger partial charge >= 0.3 is 0 Å². The summed E-state index contributed by atoms with van der Waals surface area (Å²) in [5.41, 5.74) is 2.90. The summed E-state index contributed by atoms with van der Waals surface area (Å²) in [6, 6.07) is 11.8. The molecule has 28 heavy (non-hydrogen) atoms. The van der Waals surface area contributed by atoms with Gasteiger partial charge in [-0.15, -0.1) is 0 Å². The summed E-state index contributed by atoms with van der Waals surface area (Å²) in [7, 11) is 0. The first kappa shape index (κ1) is 17.9. The minimum atomic E-state index is -0.453. The Morgan fingerprint density at radius 2 is 2.07 bits per heavy atom. The van der Waals surface area contributed by atoms with E-state index in [4.69, 9.17) is 16.9 Å². The number of nitriles is 1. The summed E-state index contributed by atoms with van der Waals surface area (Å²) < 4.78 is 15.2. The molecule has 2 aromatic heterocycles. The van der Waals surface area contributed by atoms with Gasteiger partial charge in [0.05, 0.1) is 46.1 Å². The number of rotatable bonds is 4. The molecule has 1 unspecified atom stereocenters. The van der Waals surface area contributed by atoms with Crippen LogP contribution in [0.4, 0.5) is 10.2 Å². The van der Waals surface area contributed by atoms with Crippen molar-refractivity contribution < 1.29 is 4.39 Å². The molecule has 8 heteroatoms. The zero-order valence-corrected chi connectivity index (χ0v) is 15.5. The maximum atomic E-state index is 13.4. The Bertz CT molecular complexity index is 1210. The van der Waals surface area contributed by atoms with Crippen LogP contribution in [-0.4, -0.2) is 19.5 Å². The summed E-state index contributed by atoms with van der Waals surface area (Å²) in [6.45, 7) is 1.92. The molecule has 1 atom stereocenters. The first-order valence-electron chi connectivity index (χ1n) is 8.46. The van der Waals surface area contributed by atoms with E-state index in [1.165, 1.54) is 6.07 Å². The van der Waals surface area contributed by atoms with Crippen molar-refractivity contribution in [2.75, 3.05) is 5.32 Å². The number of anilines is 1. The van der Waals surface area contributed by atoms with Gasteiger partial charge in [0.2, 0.25) is 0 Å². The highest BCUT2D eigenvalue weighted by Gasteiger charge is 2.11. The molecule has 0 fully saturated rings. The molecule has 4 rings (SSSR count). The quantitative estimate of drug-likeness (QED) is 0.546. The summed E-state index contributed by atoms with van der Waals surface area (Å²) >= 11 is 5.87. The molecular weight excluding hydrogens is 379 g/mol. The van der Waals surface area contributed by atoms with Gasteiger partial charge in [-0.3, -0.25) is 9.55 Å². The number of aromatic nitrogens is 4. The lowest BCUT2D eigenvalue weighted by Gasteiger charge is -2.16. The molecular formula is C20H14ClFN6. The standard InChI is InChI=1S/C20H14ClFN6/c1-12(14-3-4-16(22)15(21)7-14)26-19-9-24-10-20(27-19)28-11-25-17-6-13(8-23)2-5-18(17)28/h2-7,9-12H,1H3,(H,26,27). The number of imidazole rings is 1. The molecule has 1 N–H and O–H groups in total. The molecule has 0 bridgehead atoms. The molecule has 2 aromatic carbocycles. The van der Waals surface area contributed by atoms with Gasteiger partial charge in [0, 0.05) is 0 Å². The van der Waals surface area contributed by atoms with Crippen LogP contribution >= 0.6 is 11.6 Å². The third-order valence-electron chi connectivity index (χ3n) is 4.35. The van der Waals surface area contributed by atoms with Crippen molar-refractivity contribution in [2.24, 2.45) is 0 Å². The van der Waals surface area contributed by atoms with Crippen molar-refractivity contribution in [3.05, 3.63) is 77.1 Å². The van der Waals surface area contributed by atoms with Gasteiger partial charge in [-0.1, -0.05) is 17.7 Å². The van der Waals surface area contributed by atoms with Crippen molar-refractivity contribution in [3.8, 4) is 11.9 Å². The Morgan fingerprint density at radius 1 is 1.21 bits per heavy atom. The second-order valence-electron chi connectivity index (χ2n) is 6.23. The Balaban J connectivity index is 1.63. The zero-order chi connectivity index (χ0) is 19.7. The Kier molecular flexibility index (Phi) is 4.63. The average Bonchev–Trinajstić information content (AvgIpc) is 3.13. The number of hydrogen-bond acceptors (Lipinski definition) is 5. The molecule has 6 nitrogen and oxygen atoms in total. The van der Waals surface area contributed by atoms with Gasteiger partial charge in [0.25, 0.3) is 0 Å². The van der Waals surface area contributed by atoms with Crippen LogP contribution in [0.1, 0.15) is 24.1 Å². The molecule has 0 saturated carbocycles. The number of halogens is 2. The smallest absolute Gasteiger partial charge is 0.159 e. The van der Waals surface area contributed by atoms with Crippen LogP contribution in [0.15, 0.2) is 55.1 Å². The predicted octanol–water partition coefficient (Wildman–Crippen LogP) is 4.65. The molecule has 0 aliphatic carbocycles. The number of fused-ring (bicyclic) bond motifs is 1. The third-order valence-corrected chi connectivity index (χ3v) is 4.64. The van der Waals surface area contributed by atoms with Gasteiger partial charge in [0.15, 0.2) is 5.82 Å². The first-order chi connectivity index (χ1) is 13.5. The highest BCUT2D eigenvalue weighted by atomic mass is 35.5. The average molecular weight is 393 g/mol. The Hall–Kier alpha value is -3.50. The second kappa shape index (κ2) is 7.25. The molecule has 0 amide bonds. The van der Waals surface area contributed by atoms with E-state index in [1.807, 2.05) is 13.0 Å². The van der Waals surface area contributed by atoms with Gasteiger partial charge < -0.3 is 5.32 Å². The van der Waals surface area contributed by atoms with Crippen LogP contribution < -0.4 is 5.32 Å². The maximum Gasteiger partial charge on any atom is 0.159 e. The van der Waals surface area contributed by atoms with E-state index in [9.17, 15) is 4.39 Å². The largest absolute Gasteiger partial charge is 0.362 e. The lowest BCUT2D eigenvalue weighted by atomic mass is 10.1. The van der Waals surface area contributed by atoms with E-state index < -0.39 is 5.82 Å². The van der Waals surface area contributed by atoms with Gasteiger partial charge in [-0.25, -0.2) is 14.4 Å². The Labute approximate surface area is 165 Å². The van der Waals surface area contributed by atoms with Crippen LogP contribution in [0.25, 0.3) is 16.9 Å². The highest BCUT2D eigenvalue weighted by molar-refractivity contribution is 6.30. The van der Waals surface area contributed by atoms with Crippen molar-refractivity contribution in [3.63, 3.8) is 0 Å². The molecule has 4 aromatic rings. The number of nitrogens with one attached hydrogen (secondary N) is 1. The Morgan fingerprint density at radius 3 is 2.86 bits per heavy atom. The second-order valence-corrected chi connectivity index (χ2v) is 6.64. The van der Waals surface area contributed by atoms with Crippen LogP contribution in [0.3, 0.4) is 0 Å².